The van der Waals surface area contributed by atoms with E-state index in [2.05, 4.69) is 10.4 Å². The highest BCUT2D eigenvalue weighted by molar-refractivity contribution is 5.34. The Labute approximate surface area is 161 Å². The fourth-order valence-electron chi connectivity index (χ4n) is 2.93. The van der Waals surface area contributed by atoms with Crippen LogP contribution < -0.4 is 5.32 Å². The summed E-state index contributed by atoms with van der Waals surface area (Å²) in [6.45, 7) is 2.25. The molecule has 0 aliphatic carbocycles. The number of hydrogen-bond acceptors (Lipinski definition) is 3. The summed E-state index contributed by atoms with van der Waals surface area (Å²) in [5.74, 6) is 0. The van der Waals surface area contributed by atoms with Gasteiger partial charge < -0.3 is 10.4 Å². The zero-order valence-electron chi connectivity index (χ0n) is 15.4. The highest BCUT2D eigenvalue weighted by Gasteiger charge is 2.32. The lowest BCUT2D eigenvalue weighted by Gasteiger charge is -2.25. The SMILES string of the molecule is CC(O)(CNCCc1ccc(-n2cccn2)cc1)c1cccc(C(F)(F)F)c1. The Morgan fingerprint density at radius 3 is 2.39 bits per heavy atom. The smallest absolute Gasteiger partial charge is 0.384 e. The molecule has 0 radical (unpaired) electrons. The molecule has 0 saturated heterocycles. The Balaban J connectivity index is 1.53. The van der Waals surface area contributed by atoms with Gasteiger partial charge in [0.1, 0.15) is 0 Å². The molecule has 0 aliphatic rings. The van der Waals surface area contributed by atoms with Crippen LogP contribution in [0.5, 0.6) is 0 Å². The van der Waals surface area contributed by atoms with Crippen molar-refractivity contribution in [3.05, 3.63) is 83.7 Å². The van der Waals surface area contributed by atoms with Gasteiger partial charge in [0.25, 0.3) is 0 Å². The van der Waals surface area contributed by atoms with Gasteiger partial charge in [-0.15, -0.1) is 0 Å². The first-order valence-corrected chi connectivity index (χ1v) is 8.95. The van der Waals surface area contributed by atoms with Gasteiger partial charge in [-0.3, -0.25) is 0 Å². The number of rotatable bonds is 7. The molecule has 0 bridgehead atoms. The number of halogens is 3. The molecule has 1 unspecified atom stereocenters. The Morgan fingerprint density at radius 1 is 1.04 bits per heavy atom. The fraction of sp³-hybridized carbons (Fsp3) is 0.286. The average Bonchev–Trinajstić information content (AvgIpc) is 3.20. The van der Waals surface area contributed by atoms with Crippen LogP contribution in [0.4, 0.5) is 13.2 Å². The van der Waals surface area contributed by atoms with E-state index in [1.54, 1.807) is 10.9 Å². The van der Waals surface area contributed by atoms with Crippen LogP contribution in [0.25, 0.3) is 5.69 Å². The highest BCUT2D eigenvalue weighted by atomic mass is 19.4. The first-order valence-electron chi connectivity index (χ1n) is 8.95. The van der Waals surface area contributed by atoms with Crippen molar-refractivity contribution in [1.82, 2.24) is 15.1 Å². The second kappa shape index (κ2) is 8.16. The molecule has 148 valence electrons. The molecule has 3 rings (SSSR count). The van der Waals surface area contributed by atoms with Crippen LogP contribution in [0.3, 0.4) is 0 Å². The van der Waals surface area contributed by atoms with Gasteiger partial charge in [0.05, 0.1) is 16.9 Å². The zero-order valence-corrected chi connectivity index (χ0v) is 15.4. The lowest BCUT2D eigenvalue weighted by atomic mass is 9.94. The van der Waals surface area contributed by atoms with E-state index in [1.165, 1.54) is 19.1 Å². The van der Waals surface area contributed by atoms with E-state index >= 15 is 0 Å². The standard InChI is InChI=1S/C21H22F3N3O/c1-20(28,17-4-2-5-18(14-17)21(22,23)24)15-25-12-10-16-6-8-19(9-7-16)27-13-3-11-26-27/h2-9,11,13-14,25,28H,10,12,15H2,1H3. The van der Waals surface area contributed by atoms with Gasteiger partial charge in [-0.2, -0.15) is 18.3 Å². The fourth-order valence-corrected chi connectivity index (χ4v) is 2.93. The Kier molecular flexibility index (Phi) is 5.86. The van der Waals surface area contributed by atoms with Crippen LogP contribution in [0.1, 0.15) is 23.6 Å². The molecule has 0 amide bonds. The number of nitrogens with zero attached hydrogens (tertiary/aromatic N) is 2. The van der Waals surface area contributed by atoms with Crippen molar-refractivity contribution in [2.75, 3.05) is 13.1 Å². The third-order valence-electron chi connectivity index (χ3n) is 4.58. The first kappa shape index (κ1) is 20.1. The van der Waals surface area contributed by atoms with Gasteiger partial charge in [-0.05, 0) is 61.3 Å². The minimum atomic E-state index is -4.43. The molecule has 1 aromatic heterocycles. The average molecular weight is 389 g/mol. The summed E-state index contributed by atoms with van der Waals surface area (Å²) in [5, 5.41) is 17.9. The summed E-state index contributed by atoms with van der Waals surface area (Å²) in [7, 11) is 0. The Bertz CT molecular complexity index is 888. The zero-order chi connectivity index (χ0) is 20.2. The van der Waals surface area contributed by atoms with E-state index in [9.17, 15) is 18.3 Å². The summed E-state index contributed by atoms with van der Waals surface area (Å²) in [6.07, 6.45) is -0.111. The minimum Gasteiger partial charge on any atom is -0.384 e. The van der Waals surface area contributed by atoms with Crippen LogP contribution in [-0.2, 0) is 18.2 Å². The largest absolute Gasteiger partial charge is 0.416 e. The molecule has 3 aromatic rings. The molecule has 1 heterocycles. The second-order valence-corrected chi connectivity index (χ2v) is 6.90. The van der Waals surface area contributed by atoms with E-state index in [0.717, 1.165) is 29.8 Å². The predicted molar refractivity (Wildman–Crippen MR) is 101 cm³/mol. The number of aromatic nitrogens is 2. The van der Waals surface area contributed by atoms with Gasteiger partial charge in [-0.25, -0.2) is 4.68 Å². The van der Waals surface area contributed by atoms with Crippen LogP contribution in [0.15, 0.2) is 67.0 Å². The summed E-state index contributed by atoms with van der Waals surface area (Å²) < 4.78 is 40.4. The Hall–Kier alpha value is -2.64. The van der Waals surface area contributed by atoms with Crippen molar-refractivity contribution in [3.8, 4) is 5.69 Å². The van der Waals surface area contributed by atoms with Crippen LogP contribution in [0.2, 0.25) is 0 Å². The van der Waals surface area contributed by atoms with E-state index in [1.807, 2.05) is 36.5 Å². The predicted octanol–water partition coefficient (Wildman–Crippen LogP) is 3.93. The quantitative estimate of drug-likeness (QED) is 0.602. The third-order valence-corrected chi connectivity index (χ3v) is 4.58. The summed E-state index contributed by atoms with van der Waals surface area (Å²) in [4.78, 5) is 0. The van der Waals surface area contributed by atoms with Crippen molar-refractivity contribution < 1.29 is 18.3 Å². The maximum atomic E-state index is 12.9. The van der Waals surface area contributed by atoms with Crippen molar-refractivity contribution in [2.24, 2.45) is 0 Å². The number of hydrogen-bond donors (Lipinski definition) is 2. The summed E-state index contributed by atoms with van der Waals surface area (Å²) in [5.41, 5.74) is 0.155. The molecule has 0 spiro atoms. The summed E-state index contributed by atoms with van der Waals surface area (Å²) >= 11 is 0. The highest BCUT2D eigenvalue weighted by Crippen LogP contribution is 2.31. The minimum absolute atomic E-state index is 0.152. The molecule has 0 aliphatic heterocycles. The van der Waals surface area contributed by atoms with Crippen LogP contribution in [0, 0.1) is 0 Å². The second-order valence-electron chi connectivity index (χ2n) is 6.90. The number of aliphatic hydroxyl groups is 1. The monoisotopic (exact) mass is 389 g/mol. The number of benzene rings is 2. The van der Waals surface area contributed by atoms with Gasteiger partial charge in [0, 0.05) is 18.9 Å². The maximum Gasteiger partial charge on any atom is 0.416 e. The van der Waals surface area contributed by atoms with E-state index in [4.69, 9.17) is 0 Å². The molecule has 2 aromatic carbocycles. The van der Waals surface area contributed by atoms with Crippen molar-refractivity contribution in [3.63, 3.8) is 0 Å². The molecule has 28 heavy (non-hydrogen) atoms. The van der Waals surface area contributed by atoms with Crippen LogP contribution in [-0.4, -0.2) is 28.0 Å². The summed E-state index contributed by atoms with van der Waals surface area (Å²) in [6, 6.07) is 14.6. The van der Waals surface area contributed by atoms with Gasteiger partial charge in [0.15, 0.2) is 0 Å². The molecular formula is C21H22F3N3O. The van der Waals surface area contributed by atoms with Crippen molar-refractivity contribution >= 4 is 0 Å². The number of alkyl halides is 3. The van der Waals surface area contributed by atoms with Gasteiger partial charge in [0.2, 0.25) is 0 Å². The number of nitrogens with one attached hydrogen (secondary N) is 1. The molecule has 7 heteroatoms. The normalized spacial score (nSPS) is 14.0. The Morgan fingerprint density at radius 2 is 1.75 bits per heavy atom. The third kappa shape index (κ3) is 4.99. The van der Waals surface area contributed by atoms with E-state index in [0.29, 0.717) is 6.54 Å². The lowest BCUT2D eigenvalue weighted by molar-refractivity contribution is -0.137. The topological polar surface area (TPSA) is 50.1 Å². The molecule has 2 N–H and O–H groups in total. The van der Waals surface area contributed by atoms with E-state index in [-0.39, 0.29) is 12.1 Å². The van der Waals surface area contributed by atoms with Crippen molar-refractivity contribution in [1.29, 1.82) is 0 Å². The lowest BCUT2D eigenvalue weighted by Crippen LogP contribution is -2.36. The molecular weight excluding hydrogens is 367 g/mol. The van der Waals surface area contributed by atoms with Crippen LogP contribution >= 0.6 is 0 Å². The maximum absolute atomic E-state index is 12.9. The molecule has 0 fully saturated rings. The van der Waals surface area contributed by atoms with Gasteiger partial charge >= 0.3 is 6.18 Å². The first-order chi connectivity index (χ1) is 13.3. The van der Waals surface area contributed by atoms with E-state index < -0.39 is 17.3 Å². The molecule has 1 atom stereocenters. The van der Waals surface area contributed by atoms with Gasteiger partial charge in [-0.1, -0.05) is 24.3 Å². The molecule has 0 saturated carbocycles. The molecule has 4 nitrogen and oxygen atoms in total. The van der Waals surface area contributed by atoms with Crippen molar-refractivity contribution in [2.45, 2.75) is 25.1 Å².